The van der Waals surface area contributed by atoms with Gasteiger partial charge in [-0.25, -0.2) is 4.79 Å². The predicted molar refractivity (Wildman–Crippen MR) is 150 cm³/mol. The number of methoxy groups -OCH3 is 1. The molecule has 2 fully saturated rings. The Morgan fingerprint density at radius 2 is 1.64 bits per heavy atom. The Kier molecular flexibility index (Phi) is 7.55. The SMILES string of the molecule is COC(=O)N1CC(NC(=O)c2ccc(C3(CCN(C)C)CC3)cc2)C(NC(=O)c2ccc3c(Cl)c[nH]c3c2)C1. The molecule has 1 saturated heterocycles. The lowest BCUT2D eigenvalue weighted by Crippen LogP contribution is -2.51. The molecule has 2 aliphatic rings. The molecule has 3 N–H and O–H groups in total. The first kappa shape index (κ1) is 27.0. The van der Waals surface area contributed by atoms with Crippen LogP contribution in [0.2, 0.25) is 5.02 Å². The maximum atomic E-state index is 13.2. The van der Waals surface area contributed by atoms with Gasteiger partial charge in [0.25, 0.3) is 11.8 Å². The number of nitrogens with zero attached hydrogens (tertiary/aromatic N) is 2. The van der Waals surface area contributed by atoms with Crippen molar-refractivity contribution in [2.45, 2.75) is 36.8 Å². The van der Waals surface area contributed by atoms with E-state index in [9.17, 15) is 14.4 Å². The number of halogens is 1. The molecule has 3 aromatic rings. The maximum absolute atomic E-state index is 13.2. The van der Waals surface area contributed by atoms with Crippen LogP contribution in [0.4, 0.5) is 4.79 Å². The Morgan fingerprint density at radius 1 is 1.03 bits per heavy atom. The number of amides is 3. The van der Waals surface area contributed by atoms with Gasteiger partial charge in [0, 0.05) is 41.3 Å². The van der Waals surface area contributed by atoms with Gasteiger partial charge in [0.15, 0.2) is 0 Å². The number of hydrogen-bond acceptors (Lipinski definition) is 5. The number of rotatable bonds is 8. The zero-order valence-corrected chi connectivity index (χ0v) is 23.2. The van der Waals surface area contributed by atoms with Crippen LogP contribution in [-0.4, -0.2) is 85.6 Å². The summed E-state index contributed by atoms with van der Waals surface area (Å²) in [6, 6.07) is 12.0. The van der Waals surface area contributed by atoms with Gasteiger partial charge in [-0.05, 0) is 75.1 Å². The summed E-state index contributed by atoms with van der Waals surface area (Å²) in [6.45, 7) is 1.47. The van der Waals surface area contributed by atoms with Crippen molar-refractivity contribution in [3.8, 4) is 0 Å². The third-order valence-electron chi connectivity index (χ3n) is 7.93. The molecule has 1 aliphatic heterocycles. The largest absolute Gasteiger partial charge is 0.453 e. The molecule has 0 bridgehead atoms. The molecule has 3 amide bonds. The van der Waals surface area contributed by atoms with Crippen LogP contribution in [0, 0.1) is 0 Å². The van der Waals surface area contributed by atoms with Crippen LogP contribution < -0.4 is 10.6 Å². The number of aromatic amines is 1. The molecule has 0 radical (unpaired) electrons. The van der Waals surface area contributed by atoms with E-state index in [-0.39, 0.29) is 30.3 Å². The molecule has 39 heavy (non-hydrogen) atoms. The van der Waals surface area contributed by atoms with Gasteiger partial charge in [0.05, 0.1) is 24.2 Å². The van der Waals surface area contributed by atoms with Gasteiger partial charge in [-0.2, -0.15) is 0 Å². The first-order valence-corrected chi connectivity index (χ1v) is 13.5. The molecule has 2 atom stereocenters. The number of likely N-dealkylation sites (tertiary alicyclic amines) is 1. The van der Waals surface area contributed by atoms with Crippen LogP contribution in [0.3, 0.4) is 0 Å². The fraction of sp³-hybridized carbons (Fsp3) is 0.414. The molecule has 2 heterocycles. The molecule has 2 unspecified atom stereocenters. The average molecular weight is 552 g/mol. The van der Waals surface area contributed by atoms with E-state index in [0.717, 1.165) is 23.9 Å². The molecule has 2 aromatic carbocycles. The van der Waals surface area contributed by atoms with E-state index in [2.05, 4.69) is 46.7 Å². The highest BCUT2D eigenvalue weighted by Crippen LogP contribution is 2.51. The molecule has 1 aliphatic carbocycles. The lowest BCUT2D eigenvalue weighted by Gasteiger charge is -2.21. The second-order valence-electron chi connectivity index (χ2n) is 10.8. The average Bonchev–Trinajstić information content (AvgIpc) is 3.51. The zero-order valence-electron chi connectivity index (χ0n) is 22.4. The standard InChI is InChI=1S/C29H34ClN5O4/c1-34(2)13-12-29(10-11-29)20-7-4-18(5-8-20)26(36)32-24-16-35(28(38)39-3)17-25(24)33-27(37)19-6-9-21-22(30)15-31-23(21)14-19/h4-9,14-15,24-25,31H,10-13,16-17H2,1-3H3,(H,32,36)(H,33,37). The first-order valence-electron chi connectivity index (χ1n) is 13.2. The van der Waals surface area contributed by atoms with E-state index < -0.39 is 18.2 Å². The molecule has 1 aromatic heterocycles. The number of benzene rings is 2. The van der Waals surface area contributed by atoms with E-state index in [0.29, 0.717) is 16.1 Å². The second kappa shape index (κ2) is 10.9. The van der Waals surface area contributed by atoms with Gasteiger partial charge in [-0.3, -0.25) is 9.59 Å². The molecule has 5 rings (SSSR count). The highest BCUT2D eigenvalue weighted by atomic mass is 35.5. The third kappa shape index (κ3) is 5.74. The summed E-state index contributed by atoms with van der Waals surface area (Å²) in [5.74, 6) is -0.562. The number of carbonyl (C=O) groups is 3. The Hall–Kier alpha value is -3.56. The Labute approximate surface area is 232 Å². The minimum atomic E-state index is -0.509. The van der Waals surface area contributed by atoms with Gasteiger partial charge in [-0.1, -0.05) is 29.8 Å². The smallest absolute Gasteiger partial charge is 0.409 e. The number of aromatic nitrogens is 1. The fourth-order valence-corrected chi connectivity index (χ4v) is 5.58. The summed E-state index contributed by atoms with van der Waals surface area (Å²) in [5, 5.41) is 7.42. The summed E-state index contributed by atoms with van der Waals surface area (Å²) >= 11 is 6.16. The number of nitrogens with one attached hydrogen (secondary N) is 3. The molecule has 9 nitrogen and oxygen atoms in total. The van der Waals surface area contributed by atoms with Crippen molar-refractivity contribution in [2.75, 3.05) is 40.8 Å². The van der Waals surface area contributed by atoms with Crippen molar-refractivity contribution in [3.05, 3.63) is 70.4 Å². The number of fused-ring (bicyclic) bond motifs is 1. The van der Waals surface area contributed by atoms with Crippen LogP contribution in [0.5, 0.6) is 0 Å². The maximum Gasteiger partial charge on any atom is 0.409 e. The highest BCUT2D eigenvalue weighted by molar-refractivity contribution is 6.35. The van der Waals surface area contributed by atoms with E-state index in [1.165, 1.54) is 30.4 Å². The van der Waals surface area contributed by atoms with Crippen molar-refractivity contribution in [3.63, 3.8) is 0 Å². The molecule has 0 spiro atoms. The molecule has 1 saturated carbocycles. The molecule has 10 heteroatoms. The van der Waals surface area contributed by atoms with Gasteiger partial charge in [0.2, 0.25) is 0 Å². The highest BCUT2D eigenvalue weighted by Gasteiger charge is 2.43. The predicted octanol–water partition coefficient (Wildman–Crippen LogP) is 3.78. The summed E-state index contributed by atoms with van der Waals surface area (Å²) < 4.78 is 4.89. The van der Waals surface area contributed by atoms with Crippen LogP contribution >= 0.6 is 11.6 Å². The monoisotopic (exact) mass is 551 g/mol. The van der Waals surface area contributed by atoms with E-state index >= 15 is 0 Å². The Bertz CT molecular complexity index is 1380. The summed E-state index contributed by atoms with van der Waals surface area (Å²) in [5.41, 5.74) is 3.22. The normalized spacial score (nSPS) is 19.8. The van der Waals surface area contributed by atoms with Crippen molar-refractivity contribution < 1.29 is 19.1 Å². The van der Waals surface area contributed by atoms with Crippen LogP contribution in [0.15, 0.2) is 48.7 Å². The first-order chi connectivity index (χ1) is 18.7. The van der Waals surface area contributed by atoms with Crippen molar-refractivity contribution >= 4 is 40.4 Å². The Morgan fingerprint density at radius 3 is 2.23 bits per heavy atom. The fourth-order valence-electron chi connectivity index (χ4n) is 5.36. The topological polar surface area (TPSA) is 107 Å². The van der Waals surface area contributed by atoms with Gasteiger partial charge < -0.3 is 30.2 Å². The van der Waals surface area contributed by atoms with Crippen LogP contribution in [0.25, 0.3) is 10.9 Å². The van der Waals surface area contributed by atoms with Crippen LogP contribution in [0.1, 0.15) is 45.5 Å². The number of carbonyl (C=O) groups excluding carboxylic acids is 3. The zero-order chi connectivity index (χ0) is 27.7. The van der Waals surface area contributed by atoms with E-state index in [1.807, 2.05) is 12.1 Å². The second-order valence-corrected chi connectivity index (χ2v) is 11.3. The summed E-state index contributed by atoms with van der Waals surface area (Å²) in [7, 11) is 5.48. The van der Waals surface area contributed by atoms with Gasteiger partial charge in [0.1, 0.15) is 0 Å². The number of H-pyrrole nitrogens is 1. The third-order valence-corrected chi connectivity index (χ3v) is 8.24. The number of hydrogen-bond donors (Lipinski definition) is 3. The molecular weight excluding hydrogens is 518 g/mol. The van der Waals surface area contributed by atoms with Gasteiger partial charge >= 0.3 is 6.09 Å². The van der Waals surface area contributed by atoms with Crippen LogP contribution in [-0.2, 0) is 10.2 Å². The van der Waals surface area contributed by atoms with Crippen molar-refractivity contribution in [2.24, 2.45) is 0 Å². The van der Waals surface area contributed by atoms with Gasteiger partial charge in [-0.15, -0.1) is 0 Å². The minimum Gasteiger partial charge on any atom is -0.453 e. The quantitative estimate of drug-likeness (QED) is 0.395. The van der Waals surface area contributed by atoms with E-state index in [4.69, 9.17) is 16.3 Å². The molecular formula is C29H34ClN5O4. The minimum absolute atomic E-state index is 0.216. The molecule has 206 valence electrons. The Balaban J connectivity index is 1.27. The van der Waals surface area contributed by atoms with E-state index in [1.54, 1.807) is 24.4 Å². The van der Waals surface area contributed by atoms with Crippen molar-refractivity contribution in [1.82, 2.24) is 25.4 Å². The summed E-state index contributed by atoms with van der Waals surface area (Å²) in [6.07, 6.45) is 4.60. The summed E-state index contributed by atoms with van der Waals surface area (Å²) in [4.78, 5) is 45.3. The lowest BCUT2D eigenvalue weighted by atomic mass is 9.91. The number of ether oxygens (including phenoxy) is 1. The lowest BCUT2D eigenvalue weighted by molar-refractivity contribution is 0.0897. The van der Waals surface area contributed by atoms with Crippen molar-refractivity contribution in [1.29, 1.82) is 0 Å².